The lowest BCUT2D eigenvalue weighted by Crippen LogP contribution is -2.11. The Morgan fingerprint density at radius 1 is 1.77 bits per heavy atom. The number of thioether (sulfide) groups is 1. The van der Waals surface area contributed by atoms with Gasteiger partial charge in [-0.1, -0.05) is 18.7 Å². The number of hydrogen-bond donors (Lipinski definition) is 2. The summed E-state index contributed by atoms with van der Waals surface area (Å²) in [6.45, 7) is 3.71. The summed E-state index contributed by atoms with van der Waals surface area (Å²) in [5.41, 5.74) is 0.538. The highest BCUT2D eigenvalue weighted by molar-refractivity contribution is 7.99. The Labute approximate surface area is 80.4 Å². The lowest BCUT2D eigenvalue weighted by Gasteiger charge is -2.05. The van der Waals surface area contributed by atoms with Gasteiger partial charge in [-0.2, -0.15) is 0 Å². The van der Waals surface area contributed by atoms with Crippen LogP contribution in [0.25, 0.3) is 0 Å². The first-order valence-electron chi connectivity index (χ1n) is 3.97. The van der Waals surface area contributed by atoms with E-state index in [0.717, 1.165) is 0 Å². The van der Waals surface area contributed by atoms with Gasteiger partial charge in [0, 0.05) is 17.0 Å². The molecule has 0 saturated carbocycles. The van der Waals surface area contributed by atoms with Crippen molar-refractivity contribution in [3.05, 3.63) is 22.1 Å². The van der Waals surface area contributed by atoms with Gasteiger partial charge < -0.3 is 10.1 Å². The summed E-state index contributed by atoms with van der Waals surface area (Å²) in [5, 5.41) is 9.40. The Morgan fingerprint density at radius 3 is 3.00 bits per heavy atom. The van der Waals surface area contributed by atoms with Gasteiger partial charge in [0.25, 0.3) is 5.56 Å². The predicted molar refractivity (Wildman–Crippen MR) is 52.0 cm³/mol. The normalized spacial score (nSPS) is 12.8. The molecule has 13 heavy (non-hydrogen) atoms. The first-order valence-corrected chi connectivity index (χ1v) is 4.85. The van der Waals surface area contributed by atoms with Crippen molar-refractivity contribution in [1.82, 2.24) is 9.97 Å². The third kappa shape index (κ3) is 3.20. The molecular weight excluding hydrogens is 188 g/mol. The molecule has 0 radical (unpaired) electrons. The fourth-order valence-electron chi connectivity index (χ4n) is 0.835. The Bertz CT molecular complexity index is 337. The monoisotopic (exact) mass is 200 g/mol. The van der Waals surface area contributed by atoms with Gasteiger partial charge in [-0.15, -0.1) is 0 Å². The van der Waals surface area contributed by atoms with E-state index < -0.39 is 0 Å². The highest BCUT2D eigenvalue weighted by Gasteiger charge is 2.04. The molecular formula is C8H12N2O2S. The van der Waals surface area contributed by atoms with Gasteiger partial charge in [-0.05, 0) is 6.92 Å². The molecule has 1 rings (SSSR count). The number of hydrogen-bond acceptors (Lipinski definition) is 4. The Balaban J connectivity index is 2.83. The fourth-order valence-corrected chi connectivity index (χ4v) is 1.65. The van der Waals surface area contributed by atoms with Crippen LogP contribution in [-0.2, 0) is 0 Å². The zero-order valence-electron chi connectivity index (χ0n) is 7.57. The van der Waals surface area contributed by atoms with Crippen molar-refractivity contribution in [3.63, 3.8) is 0 Å². The standard InChI is InChI=1S/C8H12N2O2S/c1-5-3-7(12)10-8(9-5)13-6(2)4-11/h3,6,11H,4H2,1-2H3,(H,9,10,12). The maximum absolute atomic E-state index is 11.0. The minimum Gasteiger partial charge on any atom is -0.395 e. The molecule has 0 amide bonds. The Morgan fingerprint density at radius 2 is 2.46 bits per heavy atom. The summed E-state index contributed by atoms with van der Waals surface area (Å²) in [7, 11) is 0. The van der Waals surface area contributed by atoms with Crippen LogP contribution in [0.1, 0.15) is 12.6 Å². The van der Waals surface area contributed by atoms with Crippen molar-refractivity contribution in [2.45, 2.75) is 24.3 Å². The lowest BCUT2D eigenvalue weighted by molar-refractivity contribution is 0.300. The topological polar surface area (TPSA) is 66.0 Å². The van der Waals surface area contributed by atoms with E-state index in [1.165, 1.54) is 17.8 Å². The zero-order valence-corrected chi connectivity index (χ0v) is 8.39. The summed E-state index contributed by atoms with van der Waals surface area (Å²) < 4.78 is 0. The van der Waals surface area contributed by atoms with Gasteiger partial charge in [0.1, 0.15) is 0 Å². The van der Waals surface area contributed by atoms with Crippen molar-refractivity contribution >= 4 is 11.8 Å². The molecule has 1 heterocycles. The van der Waals surface area contributed by atoms with Crippen molar-refractivity contribution in [2.75, 3.05) is 6.61 Å². The van der Waals surface area contributed by atoms with Gasteiger partial charge in [-0.3, -0.25) is 4.79 Å². The molecule has 4 nitrogen and oxygen atoms in total. The largest absolute Gasteiger partial charge is 0.395 e. The maximum atomic E-state index is 11.0. The number of nitrogens with zero attached hydrogens (tertiary/aromatic N) is 1. The van der Waals surface area contributed by atoms with E-state index in [9.17, 15) is 4.79 Å². The van der Waals surface area contributed by atoms with Crippen LogP contribution in [0.3, 0.4) is 0 Å². The van der Waals surface area contributed by atoms with Crippen LogP contribution in [0.2, 0.25) is 0 Å². The fraction of sp³-hybridized carbons (Fsp3) is 0.500. The third-order valence-corrected chi connectivity index (χ3v) is 2.39. The second kappa shape index (κ2) is 4.43. The number of aromatic nitrogens is 2. The Hall–Kier alpha value is -0.810. The van der Waals surface area contributed by atoms with Crippen LogP contribution >= 0.6 is 11.8 Å². The smallest absolute Gasteiger partial charge is 0.251 e. The molecule has 0 saturated heterocycles. The van der Waals surface area contributed by atoms with E-state index in [-0.39, 0.29) is 17.4 Å². The molecule has 0 aliphatic heterocycles. The van der Waals surface area contributed by atoms with E-state index in [1.807, 2.05) is 6.92 Å². The molecule has 0 fully saturated rings. The van der Waals surface area contributed by atoms with E-state index in [1.54, 1.807) is 6.92 Å². The maximum Gasteiger partial charge on any atom is 0.251 e. The number of rotatable bonds is 3. The molecule has 0 aliphatic rings. The van der Waals surface area contributed by atoms with E-state index in [0.29, 0.717) is 10.9 Å². The van der Waals surface area contributed by atoms with Crippen LogP contribution in [0.4, 0.5) is 0 Å². The second-order valence-corrected chi connectivity index (χ2v) is 4.23. The lowest BCUT2D eigenvalue weighted by atomic mass is 10.5. The summed E-state index contributed by atoms with van der Waals surface area (Å²) in [4.78, 5) is 17.7. The molecule has 1 aromatic heterocycles. The molecule has 5 heteroatoms. The summed E-state index contributed by atoms with van der Waals surface area (Å²) >= 11 is 1.36. The molecule has 1 unspecified atom stereocenters. The van der Waals surface area contributed by atoms with Gasteiger partial charge in [0.05, 0.1) is 6.61 Å². The van der Waals surface area contributed by atoms with Gasteiger partial charge in [0.15, 0.2) is 5.16 Å². The molecule has 1 atom stereocenters. The van der Waals surface area contributed by atoms with Gasteiger partial charge >= 0.3 is 0 Å². The minimum absolute atomic E-state index is 0.0462. The summed E-state index contributed by atoms with van der Waals surface area (Å²) in [6, 6.07) is 1.44. The van der Waals surface area contributed by atoms with Crippen molar-refractivity contribution in [3.8, 4) is 0 Å². The molecule has 0 aromatic carbocycles. The number of H-pyrrole nitrogens is 1. The molecule has 72 valence electrons. The number of nitrogens with one attached hydrogen (secondary N) is 1. The average molecular weight is 200 g/mol. The molecule has 0 bridgehead atoms. The second-order valence-electron chi connectivity index (χ2n) is 2.80. The van der Waals surface area contributed by atoms with E-state index in [2.05, 4.69) is 9.97 Å². The molecule has 2 N–H and O–H groups in total. The molecule has 0 spiro atoms. The Kier molecular flexibility index (Phi) is 3.50. The van der Waals surface area contributed by atoms with Crippen molar-refractivity contribution in [1.29, 1.82) is 0 Å². The van der Waals surface area contributed by atoms with Crippen molar-refractivity contribution in [2.24, 2.45) is 0 Å². The van der Waals surface area contributed by atoms with Crippen LogP contribution in [-0.4, -0.2) is 26.9 Å². The number of aliphatic hydroxyl groups excluding tert-OH is 1. The average Bonchev–Trinajstić information content (AvgIpc) is 2.02. The summed E-state index contributed by atoms with van der Waals surface area (Å²) in [6.07, 6.45) is 0. The molecule has 1 aromatic rings. The van der Waals surface area contributed by atoms with Crippen LogP contribution in [0.5, 0.6) is 0 Å². The number of aryl methyl sites for hydroxylation is 1. The zero-order chi connectivity index (χ0) is 9.84. The third-order valence-electron chi connectivity index (χ3n) is 1.42. The number of aromatic amines is 1. The van der Waals surface area contributed by atoms with Crippen LogP contribution < -0.4 is 5.56 Å². The number of aliphatic hydroxyl groups is 1. The van der Waals surface area contributed by atoms with Gasteiger partial charge in [0.2, 0.25) is 0 Å². The predicted octanol–water partition coefficient (Wildman–Crippen LogP) is 0.551. The van der Waals surface area contributed by atoms with Crippen molar-refractivity contribution < 1.29 is 5.11 Å². The molecule has 0 aliphatic carbocycles. The minimum atomic E-state index is -0.153. The van der Waals surface area contributed by atoms with Crippen LogP contribution in [0.15, 0.2) is 16.0 Å². The van der Waals surface area contributed by atoms with E-state index in [4.69, 9.17) is 5.11 Å². The first-order chi connectivity index (χ1) is 6.11. The van der Waals surface area contributed by atoms with Gasteiger partial charge in [-0.25, -0.2) is 4.98 Å². The highest BCUT2D eigenvalue weighted by atomic mass is 32.2. The first kappa shape index (κ1) is 10.3. The quantitative estimate of drug-likeness (QED) is 0.552. The highest BCUT2D eigenvalue weighted by Crippen LogP contribution is 2.16. The van der Waals surface area contributed by atoms with E-state index >= 15 is 0 Å². The SMILES string of the molecule is Cc1cc(=O)[nH]c(SC(C)CO)n1. The van der Waals surface area contributed by atoms with Crippen LogP contribution in [0, 0.1) is 6.92 Å². The summed E-state index contributed by atoms with van der Waals surface area (Å²) in [5.74, 6) is 0.